The minimum Gasteiger partial charge on any atom is -0.294 e. The summed E-state index contributed by atoms with van der Waals surface area (Å²) >= 11 is 0. The van der Waals surface area contributed by atoms with E-state index in [2.05, 4.69) is 0 Å². The van der Waals surface area contributed by atoms with Gasteiger partial charge in [-0.15, -0.1) is 0 Å². The maximum absolute atomic E-state index is 11.8. The van der Waals surface area contributed by atoms with Gasteiger partial charge < -0.3 is 0 Å². The van der Waals surface area contributed by atoms with E-state index in [-0.39, 0.29) is 18.0 Å². The molecule has 0 heterocycles. The van der Waals surface area contributed by atoms with E-state index in [1.165, 1.54) is 0 Å². The quantitative estimate of drug-likeness (QED) is 0.695. The normalized spacial score (nSPS) is 13.9. The summed E-state index contributed by atoms with van der Waals surface area (Å²) in [7, 11) is 0. The second-order valence-electron chi connectivity index (χ2n) is 4.12. The van der Waals surface area contributed by atoms with Gasteiger partial charge in [0.05, 0.1) is 6.42 Å². The second-order valence-corrected chi connectivity index (χ2v) is 4.12. The number of carbonyl (C=O) groups excluding carboxylic acids is 2. The third-order valence-corrected chi connectivity index (χ3v) is 3.05. The van der Waals surface area contributed by atoms with Gasteiger partial charge in [-0.25, -0.2) is 0 Å². The highest BCUT2D eigenvalue weighted by Crippen LogP contribution is 2.32. The highest BCUT2D eigenvalue weighted by Gasteiger charge is 2.29. The lowest BCUT2D eigenvalue weighted by Gasteiger charge is -2.06. The Labute approximate surface area is 98.9 Å². The van der Waals surface area contributed by atoms with Crippen LogP contribution in [0.25, 0.3) is 11.1 Å². The number of Topliss-reactive ketones (excluding diaryl/α,β-unsaturated/α-hetero) is 2. The molecule has 0 aromatic heterocycles. The first-order valence-corrected chi connectivity index (χ1v) is 5.52. The molecule has 0 N–H and O–H groups in total. The summed E-state index contributed by atoms with van der Waals surface area (Å²) in [5.41, 5.74) is 2.99. The van der Waals surface area contributed by atoms with E-state index >= 15 is 0 Å². The molecule has 0 atom stereocenters. The molecular weight excluding hydrogens is 212 g/mol. The first-order chi connectivity index (χ1) is 8.27. The lowest BCUT2D eigenvalue weighted by atomic mass is 9.96. The van der Waals surface area contributed by atoms with Gasteiger partial charge in [0, 0.05) is 11.1 Å². The van der Waals surface area contributed by atoms with Crippen LogP contribution >= 0.6 is 0 Å². The largest absolute Gasteiger partial charge is 0.294 e. The van der Waals surface area contributed by atoms with Crippen LogP contribution in [0.1, 0.15) is 27.1 Å². The van der Waals surface area contributed by atoms with Crippen molar-refractivity contribution in [2.75, 3.05) is 0 Å². The van der Waals surface area contributed by atoms with E-state index in [1.807, 2.05) is 42.5 Å². The predicted octanol–water partition coefficient (Wildman–Crippen LogP) is 3.12. The topological polar surface area (TPSA) is 34.1 Å². The van der Waals surface area contributed by atoms with Crippen LogP contribution in [0, 0.1) is 0 Å². The Morgan fingerprint density at radius 2 is 1.41 bits per heavy atom. The molecule has 0 saturated carbocycles. The van der Waals surface area contributed by atoms with Gasteiger partial charge in [-0.1, -0.05) is 48.5 Å². The molecule has 3 rings (SSSR count). The molecule has 0 bridgehead atoms. The van der Waals surface area contributed by atoms with Gasteiger partial charge in [-0.05, 0) is 11.1 Å². The summed E-state index contributed by atoms with van der Waals surface area (Å²) in [5.74, 6) is -0.132. The molecule has 0 amide bonds. The van der Waals surface area contributed by atoms with Gasteiger partial charge in [-0.3, -0.25) is 9.59 Å². The molecule has 2 aromatic carbocycles. The van der Waals surface area contributed by atoms with Crippen molar-refractivity contribution < 1.29 is 9.59 Å². The van der Waals surface area contributed by atoms with Crippen LogP contribution in [0.2, 0.25) is 0 Å². The molecule has 17 heavy (non-hydrogen) atoms. The molecule has 2 heteroatoms. The fourth-order valence-corrected chi connectivity index (χ4v) is 2.27. The van der Waals surface area contributed by atoms with Crippen LogP contribution in [0.3, 0.4) is 0 Å². The first-order valence-electron chi connectivity index (χ1n) is 5.52. The van der Waals surface area contributed by atoms with Crippen LogP contribution in [0.5, 0.6) is 0 Å². The number of hydrogen-bond donors (Lipinski definition) is 0. The lowest BCUT2D eigenvalue weighted by molar-refractivity contribution is 0.0923. The van der Waals surface area contributed by atoms with E-state index in [4.69, 9.17) is 0 Å². The van der Waals surface area contributed by atoms with Gasteiger partial charge in [0.2, 0.25) is 0 Å². The molecule has 0 aliphatic heterocycles. The van der Waals surface area contributed by atoms with E-state index < -0.39 is 0 Å². The molecule has 0 fully saturated rings. The highest BCUT2D eigenvalue weighted by molar-refractivity contribution is 6.26. The van der Waals surface area contributed by atoms with Crippen molar-refractivity contribution >= 4 is 11.6 Å². The molecular formula is C15H10O2. The lowest BCUT2D eigenvalue weighted by Crippen LogP contribution is -1.95. The number of ketones is 2. The third kappa shape index (κ3) is 1.49. The van der Waals surface area contributed by atoms with Crippen molar-refractivity contribution in [3.63, 3.8) is 0 Å². The highest BCUT2D eigenvalue weighted by atomic mass is 16.2. The van der Waals surface area contributed by atoms with Gasteiger partial charge in [0.15, 0.2) is 11.6 Å². The summed E-state index contributed by atoms with van der Waals surface area (Å²) in [6, 6.07) is 15.1. The van der Waals surface area contributed by atoms with Crippen molar-refractivity contribution in [3.05, 3.63) is 59.7 Å². The maximum atomic E-state index is 11.8. The average molecular weight is 222 g/mol. The number of rotatable bonds is 1. The van der Waals surface area contributed by atoms with Crippen LogP contribution in [-0.4, -0.2) is 11.6 Å². The average Bonchev–Trinajstić information content (AvgIpc) is 2.66. The maximum Gasteiger partial charge on any atom is 0.171 e. The predicted molar refractivity (Wildman–Crippen MR) is 65.2 cm³/mol. The molecule has 2 nitrogen and oxygen atoms in total. The Hall–Kier alpha value is -2.22. The molecule has 82 valence electrons. The van der Waals surface area contributed by atoms with Gasteiger partial charge in [0.1, 0.15) is 0 Å². The number of carbonyl (C=O) groups is 2. The van der Waals surface area contributed by atoms with Crippen LogP contribution in [0.15, 0.2) is 48.5 Å². The monoisotopic (exact) mass is 222 g/mol. The number of benzene rings is 2. The van der Waals surface area contributed by atoms with Crippen molar-refractivity contribution in [2.24, 2.45) is 0 Å². The minimum absolute atomic E-state index is 0.0131. The number of hydrogen-bond acceptors (Lipinski definition) is 2. The Balaban J connectivity index is 2.27. The summed E-state index contributed by atoms with van der Waals surface area (Å²) in [5, 5.41) is 0. The van der Waals surface area contributed by atoms with Crippen LogP contribution in [0.4, 0.5) is 0 Å². The summed E-state index contributed by atoms with van der Waals surface area (Å²) in [6.45, 7) is 0. The van der Waals surface area contributed by atoms with E-state index in [9.17, 15) is 9.59 Å². The number of fused-ring (bicyclic) bond motifs is 1. The zero-order valence-electron chi connectivity index (χ0n) is 9.14. The molecule has 0 radical (unpaired) electrons. The van der Waals surface area contributed by atoms with E-state index in [1.54, 1.807) is 6.07 Å². The Morgan fingerprint density at radius 1 is 0.706 bits per heavy atom. The summed E-state index contributed by atoms with van der Waals surface area (Å²) in [4.78, 5) is 23.5. The smallest absolute Gasteiger partial charge is 0.171 e. The van der Waals surface area contributed by atoms with Crippen molar-refractivity contribution in [2.45, 2.75) is 6.42 Å². The Kier molecular flexibility index (Phi) is 2.15. The molecule has 0 spiro atoms. The Morgan fingerprint density at radius 3 is 2.18 bits per heavy atom. The zero-order chi connectivity index (χ0) is 11.8. The zero-order valence-corrected chi connectivity index (χ0v) is 9.14. The molecule has 0 saturated heterocycles. The summed E-state index contributed by atoms with van der Waals surface area (Å²) < 4.78 is 0. The Bertz CT molecular complexity index is 612. The second kappa shape index (κ2) is 3.67. The fourth-order valence-electron chi connectivity index (χ4n) is 2.27. The van der Waals surface area contributed by atoms with Crippen molar-refractivity contribution in [1.29, 1.82) is 0 Å². The van der Waals surface area contributed by atoms with Crippen molar-refractivity contribution in [3.8, 4) is 11.1 Å². The molecule has 1 aliphatic rings. The third-order valence-electron chi connectivity index (χ3n) is 3.05. The fraction of sp³-hybridized carbons (Fsp3) is 0.0667. The summed E-state index contributed by atoms with van der Waals surface area (Å²) in [6.07, 6.45) is 0.0131. The van der Waals surface area contributed by atoms with Gasteiger partial charge in [-0.2, -0.15) is 0 Å². The van der Waals surface area contributed by atoms with Gasteiger partial charge >= 0.3 is 0 Å². The molecule has 2 aromatic rings. The van der Waals surface area contributed by atoms with Crippen LogP contribution in [-0.2, 0) is 0 Å². The van der Waals surface area contributed by atoms with E-state index in [0.717, 1.165) is 11.1 Å². The molecule has 0 unspecified atom stereocenters. The SMILES string of the molecule is O=C1CC(=O)c2c1cccc2-c1ccccc1. The van der Waals surface area contributed by atoms with Crippen LogP contribution < -0.4 is 0 Å². The minimum atomic E-state index is -0.0669. The van der Waals surface area contributed by atoms with E-state index in [0.29, 0.717) is 11.1 Å². The van der Waals surface area contributed by atoms with Gasteiger partial charge in [0.25, 0.3) is 0 Å². The van der Waals surface area contributed by atoms with Crippen molar-refractivity contribution in [1.82, 2.24) is 0 Å². The molecule has 1 aliphatic carbocycles. The standard InChI is InChI=1S/C15H10O2/c16-13-9-14(17)15-11(7-4-8-12(13)15)10-5-2-1-3-6-10/h1-8H,9H2. The first kappa shape index (κ1) is 9.97.